The van der Waals surface area contributed by atoms with E-state index in [0.717, 1.165) is 6.92 Å². The summed E-state index contributed by atoms with van der Waals surface area (Å²) >= 11 is 0. The summed E-state index contributed by atoms with van der Waals surface area (Å²) in [6, 6.07) is 0. The summed E-state index contributed by atoms with van der Waals surface area (Å²) in [4.78, 5) is 35.7. The van der Waals surface area contributed by atoms with Gasteiger partial charge in [-0.15, -0.1) is 0 Å². The summed E-state index contributed by atoms with van der Waals surface area (Å²) in [7, 11) is -10.1. The van der Waals surface area contributed by atoms with Crippen LogP contribution >= 0.6 is 15.6 Å². The van der Waals surface area contributed by atoms with Gasteiger partial charge in [0.2, 0.25) is 0 Å². The van der Waals surface area contributed by atoms with Crippen LogP contribution < -0.4 is 0 Å². The van der Waals surface area contributed by atoms with E-state index in [-0.39, 0.29) is 25.3 Å². The van der Waals surface area contributed by atoms with Crippen LogP contribution in [0.3, 0.4) is 0 Å². The van der Waals surface area contributed by atoms with Crippen molar-refractivity contribution >= 4 is 40.5 Å². The van der Waals surface area contributed by atoms with Crippen LogP contribution in [0.1, 0.15) is 19.8 Å². The van der Waals surface area contributed by atoms with Crippen LogP contribution in [0, 0.1) is 0 Å². The molecule has 0 heterocycles. The third-order valence-electron chi connectivity index (χ3n) is 1.64. The van der Waals surface area contributed by atoms with Crippen LogP contribution in [0.15, 0.2) is 0 Å². The fourth-order valence-corrected chi connectivity index (χ4v) is 2.54. The van der Waals surface area contributed by atoms with Gasteiger partial charge in [-0.3, -0.25) is 9.32 Å². The molecule has 19 heavy (non-hydrogen) atoms. The normalized spacial score (nSPS) is 17.9. The van der Waals surface area contributed by atoms with E-state index in [1.165, 1.54) is 0 Å². The number of carboxylic acids is 1. The van der Waals surface area contributed by atoms with Crippen molar-refractivity contribution in [3.63, 3.8) is 0 Å². The number of hydrogen-bond donors (Lipinski definition) is 5. The molecule has 10 nitrogen and oxygen atoms in total. The molecule has 0 aromatic heterocycles. The summed E-state index contributed by atoms with van der Waals surface area (Å²) in [5, 5.41) is 17.9. The minimum atomic E-state index is -5.19. The Balaban J connectivity index is 0. The first-order valence-corrected chi connectivity index (χ1v) is 7.54. The van der Waals surface area contributed by atoms with E-state index in [4.69, 9.17) is 19.8 Å². The number of carboxylic acid groups (broad SMARTS) is 1. The molecule has 5 N–H and O–H groups in total. The summed E-state index contributed by atoms with van der Waals surface area (Å²) in [5.41, 5.74) is -1.69. The minimum Gasteiger partial charge on any atom is -0.481 e. The monoisotopic (exact) mass is 315 g/mol. The second-order valence-corrected chi connectivity index (χ2v) is 6.52. The number of phosphoric ester groups is 1. The van der Waals surface area contributed by atoms with E-state index in [1.807, 2.05) is 0 Å². The van der Waals surface area contributed by atoms with Gasteiger partial charge in [0.25, 0.3) is 0 Å². The van der Waals surface area contributed by atoms with Crippen molar-refractivity contribution in [1.29, 1.82) is 0 Å². The zero-order valence-corrected chi connectivity index (χ0v) is 12.1. The summed E-state index contributed by atoms with van der Waals surface area (Å²) < 4.78 is 28.9. The third kappa shape index (κ3) is 13.0. The number of hydrogen-bond acceptors (Lipinski definition) is 6. The fourth-order valence-electron chi connectivity index (χ4n) is 0.953. The molecular formula is C6H14LiO10P2. The van der Waals surface area contributed by atoms with E-state index in [2.05, 4.69) is 8.83 Å². The molecule has 0 aromatic rings. The zero-order chi connectivity index (χ0) is 14.6. The van der Waals surface area contributed by atoms with Crippen molar-refractivity contribution < 1.29 is 47.7 Å². The Morgan fingerprint density at radius 2 is 1.74 bits per heavy atom. The topological polar surface area (TPSA) is 171 Å². The van der Waals surface area contributed by atoms with Gasteiger partial charge in [-0.2, -0.15) is 4.31 Å². The smallest absolute Gasteiger partial charge is 0.481 e. The first-order valence-electron chi connectivity index (χ1n) is 4.51. The first-order chi connectivity index (χ1) is 7.83. The Morgan fingerprint density at radius 1 is 1.26 bits per heavy atom. The Bertz CT molecular complexity index is 389. The van der Waals surface area contributed by atoms with Crippen LogP contribution in [-0.2, 0) is 22.8 Å². The second kappa shape index (κ2) is 7.91. The van der Waals surface area contributed by atoms with Gasteiger partial charge in [0.05, 0.1) is 18.6 Å². The third-order valence-corrected chi connectivity index (χ3v) is 3.82. The Morgan fingerprint density at radius 3 is 2.11 bits per heavy atom. The molecule has 0 aliphatic rings. The number of aliphatic hydroxyl groups is 1. The summed E-state index contributed by atoms with van der Waals surface area (Å²) in [6.07, 6.45) is -0.959. The maximum Gasteiger partial charge on any atom is 0.481 e. The number of aliphatic carboxylic acids is 1. The Kier molecular flexibility index (Phi) is 8.98. The largest absolute Gasteiger partial charge is 0.481 e. The zero-order valence-electron chi connectivity index (χ0n) is 10.3. The average Bonchev–Trinajstić information content (AvgIpc) is 1.93. The number of phosphoric acid groups is 2. The molecule has 0 saturated heterocycles. The molecule has 0 bridgehead atoms. The SMILES string of the molecule is CC(O)(CCOP(=O)(O)OP(=O)(O)O)CC(=O)O.[Li]. The predicted molar refractivity (Wildman–Crippen MR) is 62.2 cm³/mol. The van der Waals surface area contributed by atoms with Gasteiger partial charge in [-0.05, 0) is 6.92 Å². The molecule has 0 rings (SSSR count). The van der Waals surface area contributed by atoms with Gasteiger partial charge in [-0.1, -0.05) is 0 Å². The van der Waals surface area contributed by atoms with Gasteiger partial charge in [0.1, 0.15) is 0 Å². The molecule has 0 saturated carbocycles. The van der Waals surface area contributed by atoms with Crippen molar-refractivity contribution in [3.8, 4) is 0 Å². The van der Waals surface area contributed by atoms with E-state index in [9.17, 15) is 19.0 Å². The molecule has 1 radical (unpaired) electrons. The second-order valence-electron chi connectivity index (χ2n) is 3.69. The van der Waals surface area contributed by atoms with E-state index < -0.39 is 40.2 Å². The van der Waals surface area contributed by atoms with Gasteiger partial charge < -0.3 is 24.9 Å². The first kappa shape index (κ1) is 21.6. The molecule has 2 atom stereocenters. The van der Waals surface area contributed by atoms with Gasteiger partial charge in [0.15, 0.2) is 0 Å². The minimum absolute atomic E-state index is 0. The van der Waals surface area contributed by atoms with E-state index in [1.54, 1.807) is 0 Å². The predicted octanol–water partition coefficient (Wildman–Crippen LogP) is -0.552. The van der Waals surface area contributed by atoms with Crippen molar-refractivity contribution in [1.82, 2.24) is 0 Å². The maximum absolute atomic E-state index is 11.0. The fraction of sp³-hybridized carbons (Fsp3) is 0.833. The molecule has 0 amide bonds. The molecule has 0 aromatic carbocycles. The van der Waals surface area contributed by atoms with E-state index in [0.29, 0.717) is 0 Å². The Labute approximate surface area is 120 Å². The molecule has 0 fully saturated rings. The quantitative estimate of drug-likeness (QED) is 0.289. The van der Waals surface area contributed by atoms with Crippen LogP contribution in [0.25, 0.3) is 0 Å². The van der Waals surface area contributed by atoms with Gasteiger partial charge >= 0.3 is 21.6 Å². The van der Waals surface area contributed by atoms with Crippen LogP contribution in [0.5, 0.6) is 0 Å². The average molecular weight is 315 g/mol. The molecule has 0 aliphatic heterocycles. The van der Waals surface area contributed by atoms with Crippen molar-refractivity contribution in [2.45, 2.75) is 25.4 Å². The summed E-state index contributed by atoms with van der Waals surface area (Å²) in [6.45, 7) is 0.546. The molecule has 109 valence electrons. The number of rotatable bonds is 8. The summed E-state index contributed by atoms with van der Waals surface area (Å²) in [5.74, 6) is -1.28. The molecule has 2 unspecified atom stereocenters. The van der Waals surface area contributed by atoms with Crippen molar-refractivity contribution in [2.75, 3.05) is 6.61 Å². The molecule has 0 aliphatic carbocycles. The van der Waals surface area contributed by atoms with Crippen molar-refractivity contribution in [3.05, 3.63) is 0 Å². The molecule has 13 heteroatoms. The van der Waals surface area contributed by atoms with Crippen LogP contribution in [-0.4, -0.2) is 61.9 Å². The standard InChI is InChI=1S/C6H14O10P2.Li/c1-6(9,4-5(7)8)2-3-15-18(13,14)16-17(10,11)12;/h9H,2-4H2,1H3,(H,7,8)(H,13,14)(H2,10,11,12);. The maximum atomic E-state index is 11.0. The Hall–Kier alpha value is 0.287. The van der Waals surface area contributed by atoms with Crippen LogP contribution in [0.4, 0.5) is 0 Å². The number of carbonyl (C=O) groups is 1. The van der Waals surface area contributed by atoms with E-state index >= 15 is 0 Å². The van der Waals surface area contributed by atoms with Gasteiger partial charge in [-0.25, -0.2) is 9.13 Å². The van der Waals surface area contributed by atoms with Crippen LogP contribution in [0.2, 0.25) is 0 Å². The van der Waals surface area contributed by atoms with Gasteiger partial charge in [0, 0.05) is 25.3 Å². The molecule has 0 spiro atoms. The molecular weight excluding hydrogens is 301 g/mol. The van der Waals surface area contributed by atoms with Crippen molar-refractivity contribution in [2.24, 2.45) is 0 Å².